The highest BCUT2D eigenvalue weighted by Gasteiger charge is 2.13. The molecule has 0 unspecified atom stereocenters. The van der Waals surface area contributed by atoms with Crippen molar-refractivity contribution < 1.29 is 18.3 Å². The molecular formula is C17H18O4S. The van der Waals surface area contributed by atoms with Crippen LogP contribution in [0.2, 0.25) is 0 Å². The van der Waals surface area contributed by atoms with E-state index in [-0.39, 0.29) is 12.2 Å². The smallest absolute Gasteiger partial charge is 0.307 e. The van der Waals surface area contributed by atoms with Crippen LogP contribution in [0.1, 0.15) is 17.5 Å². The molecular weight excluding hydrogens is 300 g/mol. The van der Waals surface area contributed by atoms with Gasteiger partial charge in [0.15, 0.2) is 9.84 Å². The molecule has 0 saturated heterocycles. The first-order valence-electron chi connectivity index (χ1n) is 7.05. The summed E-state index contributed by atoms with van der Waals surface area (Å²) in [6.45, 7) is 0. The Bertz CT molecular complexity index is 719. The summed E-state index contributed by atoms with van der Waals surface area (Å²) >= 11 is 0. The van der Waals surface area contributed by atoms with Crippen LogP contribution in [0.5, 0.6) is 0 Å². The monoisotopic (exact) mass is 318 g/mol. The van der Waals surface area contributed by atoms with E-state index in [4.69, 9.17) is 5.11 Å². The SMILES string of the molecule is O=C(O)Cc1ccc(CCCS(=O)(=O)c2ccccc2)cc1. The van der Waals surface area contributed by atoms with Gasteiger partial charge in [-0.3, -0.25) is 4.79 Å². The summed E-state index contributed by atoms with van der Waals surface area (Å²) in [6.07, 6.45) is 1.19. The molecule has 5 heteroatoms. The number of carbonyl (C=O) groups is 1. The fraction of sp³-hybridized carbons (Fsp3) is 0.235. The highest BCUT2D eigenvalue weighted by Crippen LogP contribution is 2.13. The molecule has 0 amide bonds. The maximum absolute atomic E-state index is 12.1. The van der Waals surface area contributed by atoms with Gasteiger partial charge in [-0.25, -0.2) is 8.42 Å². The summed E-state index contributed by atoms with van der Waals surface area (Å²) in [5.41, 5.74) is 1.76. The summed E-state index contributed by atoms with van der Waals surface area (Å²) in [7, 11) is -3.23. The zero-order chi connectivity index (χ0) is 16.0. The number of sulfone groups is 1. The Morgan fingerprint density at radius 1 is 0.909 bits per heavy atom. The lowest BCUT2D eigenvalue weighted by molar-refractivity contribution is -0.136. The Morgan fingerprint density at radius 3 is 2.09 bits per heavy atom. The van der Waals surface area contributed by atoms with Gasteiger partial charge in [0.2, 0.25) is 0 Å². The molecule has 4 nitrogen and oxygen atoms in total. The summed E-state index contributed by atoms with van der Waals surface area (Å²) < 4.78 is 24.3. The lowest BCUT2D eigenvalue weighted by Gasteiger charge is -2.05. The zero-order valence-corrected chi connectivity index (χ0v) is 12.9. The van der Waals surface area contributed by atoms with Crippen molar-refractivity contribution >= 4 is 15.8 Å². The average molecular weight is 318 g/mol. The quantitative estimate of drug-likeness (QED) is 0.852. The highest BCUT2D eigenvalue weighted by molar-refractivity contribution is 7.91. The van der Waals surface area contributed by atoms with Gasteiger partial charge < -0.3 is 5.11 Å². The molecule has 0 aliphatic carbocycles. The maximum atomic E-state index is 12.1. The van der Waals surface area contributed by atoms with Gasteiger partial charge in [-0.15, -0.1) is 0 Å². The molecule has 0 fully saturated rings. The van der Waals surface area contributed by atoms with Gasteiger partial charge in [-0.1, -0.05) is 42.5 Å². The zero-order valence-electron chi connectivity index (χ0n) is 12.1. The third kappa shape index (κ3) is 4.70. The van der Waals surface area contributed by atoms with Gasteiger partial charge in [-0.05, 0) is 36.1 Å². The summed E-state index contributed by atoms with van der Waals surface area (Å²) in [5.74, 6) is -0.754. The van der Waals surface area contributed by atoms with E-state index in [1.54, 1.807) is 42.5 Å². The van der Waals surface area contributed by atoms with Crippen LogP contribution in [0.25, 0.3) is 0 Å². The molecule has 0 saturated carbocycles. The molecule has 1 N–H and O–H groups in total. The Labute approximate surface area is 130 Å². The van der Waals surface area contributed by atoms with Gasteiger partial charge in [0.05, 0.1) is 17.1 Å². The molecule has 2 aromatic rings. The van der Waals surface area contributed by atoms with Crippen molar-refractivity contribution in [2.75, 3.05) is 5.75 Å². The Balaban J connectivity index is 1.90. The Kier molecular flexibility index (Phi) is 5.33. The first kappa shape index (κ1) is 16.2. The van der Waals surface area contributed by atoms with Crippen molar-refractivity contribution in [2.45, 2.75) is 24.2 Å². The van der Waals surface area contributed by atoms with Crippen molar-refractivity contribution in [3.63, 3.8) is 0 Å². The number of hydrogen-bond acceptors (Lipinski definition) is 3. The van der Waals surface area contributed by atoms with E-state index in [1.165, 1.54) is 0 Å². The van der Waals surface area contributed by atoms with Crippen molar-refractivity contribution in [3.8, 4) is 0 Å². The molecule has 0 bridgehead atoms. The van der Waals surface area contributed by atoms with E-state index >= 15 is 0 Å². The molecule has 0 heterocycles. The molecule has 116 valence electrons. The molecule has 22 heavy (non-hydrogen) atoms. The van der Waals surface area contributed by atoms with Gasteiger partial charge >= 0.3 is 5.97 Å². The minimum atomic E-state index is -3.23. The van der Waals surface area contributed by atoms with Crippen molar-refractivity contribution in [3.05, 3.63) is 65.7 Å². The van der Waals surface area contributed by atoms with Crippen LogP contribution in [0.15, 0.2) is 59.5 Å². The van der Waals surface area contributed by atoms with Gasteiger partial charge in [0.25, 0.3) is 0 Å². The van der Waals surface area contributed by atoms with E-state index in [0.29, 0.717) is 17.7 Å². The number of rotatable bonds is 7. The van der Waals surface area contributed by atoms with E-state index in [1.807, 2.05) is 12.1 Å². The van der Waals surface area contributed by atoms with Crippen molar-refractivity contribution in [2.24, 2.45) is 0 Å². The molecule has 0 aliphatic heterocycles. The molecule has 0 atom stereocenters. The second-order valence-corrected chi connectivity index (χ2v) is 7.23. The highest BCUT2D eigenvalue weighted by atomic mass is 32.2. The lowest BCUT2D eigenvalue weighted by atomic mass is 10.1. The van der Waals surface area contributed by atoms with Crippen LogP contribution >= 0.6 is 0 Å². The molecule has 0 aromatic heterocycles. The standard InChI is InChI=1S/C17H18O4S/c18-17(19)13-15-10-8-14(9-11-15)5-4-12-22(20,21)16-6-2-1-3-7-16/h1-3,6-11H,4-5,12-13H2,(H,18,19). The first-order valence-corrected chi connectivity index (χ1v) is 8.70. The third-order valence-corrected chi connectivity index (χ3v) is 5.18. The number of aryl methyl sites for hydroxylation is 1. The Hall–Kier alpha value is -2.14. The number of benzene rings is 2. The van der Waals surface area contributed by atoms with E-state index < -0.39 is 15.8 Å². The maximum Gasteiger partial charge on any atom is 0.307 e. The topological polar surface area (TPSA) is 71.4 Å². The fourth-order valence-corrected chi connectivity index (χ4v) is 3.54. The van der Waals surface area contributed by atoms with Crippen molar-refractivity contribution in [1.82, 2.24) is 0 Å². The van der Waals surface area contributed by atoms with E-state index in [9.17, 15) is 13.2 Å². The number of hydrogen-bond donors (Lipinski definition) is 1. The second kappa shape index (κ2) is 7.22. The van der Waals surface area contributed by atoms with Gasteiger partial charge in [0, 0.05) is 0 Å². The van der Waals surface area contributed by atoms with Crippen LogP contribution in [-0.2, 0) is 27.5 Å². The largest absolute Gasteiger partial charge is 0.481 e. The Morgan fingerprint density at radius 2 is 1.50 bits per heavy atom. The summed E-state index contributed by atoms with van der Waals surface area (Å²) in [6, 6.07) is 15.7. The van der Waals surface area contributed by atoms with Crippen LogP contribution in [0, 0.1) is 0 Å². The van der Waals surface area contributed by atoms with Crippen LogP contribution in [-0.4, -0.2) is 25.2 Å². The second-order valence-electron chi connectivity index (χ2n) is 5.12. The third-order valence-electron chi connectivity index (χ3n) is 3.36. The molecule has 2 aromatic carbocycles. The van der Waals surface area contributed by atoms with Crippen LogP contribution in [0.4, 0.5) is 0 Å². The summed E-state index contributed by atoms with van der Waals surface area (Å²) in [5, 5.41) is 8.71. The predicted molar refractivity (Wildman–Crippen MR) is 84.6 cm³/mol. The molecule has 0 aliphatic rings. The molecule has 0 radical (unpaired) electrons. The lowest BCUT2D eigenvalue weighted by Crippen LogP contribution is -2.07. The van der Waals surface area contributed by atoms with E-state index in [2.05, 4.69) is 0 Å². The molecule has 0 spiro atoms. The minimum absolute atomic E-state index is 0.00265. The van der Waals surface area contributed by atoms with Crippen LogP contribution in [0.3, 0.4) is 0 Å². The first-order chi connectivity index (χ1) is 10.5. The van der Waals surface area contributed by atoms with Gasteiger partial charge in [0.1, 0.15) is 0 Å². The fourth-order valence-electron chi connectivity index (χ4n) is 2.21. The normalized spacial score (nSPS) is 11.3. The summed E-state index contributed by atoms with van der Waals surface area (Å²) in [4.78, 5) is 11.0. The number of carboxylic acids is 1. The number of carboxylic acid groups (broad SMARTS) is 1. The van der Waals surface area contributed by atoms with Gasteiger partial charge in [-0.2, -0.15) is 0 Å². The average Bonchev–Trinajstić information content (AvgIpc) is 2.49. The molecule has 2 rings (SSSR count). The van der Waals surface area contributed by atoms with E-state index in [0.717, 1.165) is 11.1 Å². The minimum Gasteiger partial charge on any atom is -0.481 e. The number of aliphatic carboxylic acids is 1. The van der Waals surface area contributed by atoms with Crippen LogP contribution < -0.4 is 0 Å². The predicted octanol–water partition coefficient (Wildman–Crippen LogP) is 2.72. The van der Waals surface area contributed by atoms with Crippen molar-refractivity contribution in [1.29, 1.82) is 0 Å².